The average molecular weight is 337 g/mol. The smallest absolute Gasteiger partial charge is 0.217 e. The largest absolute Gasteiger partial charge is 0.353 e. The second kappa shape index (κ2) is 8.15. The SMILES string of the molecule is CCC(C)N1CCN(CCCN2CC3CC2CC3NC(C)=O)CC1. The van der Waals surface area contributed by atoms with Crippen LogP contribution in [0, 0.1) is 5.92 Å². The summed E-state index contributed by atoms with van der Waals surface area (Å²) in [5, 5.41) is 3.14. The maximum atomic E-state index is 11.3. The molecule has 0 aromatic carbocycles. The van der Waals surface area contributed by atoms with Crippen LogP contribution in [0.3, 0.4) is 0 Å². The summed E-state index contributed by atoms with van der Waals surface area (Å²) < 4.78 is 0. The zero-order valence-electron chi connectivity index (χ0n) is 15.8. The lowest BCUT2D eigenvalue weighted by molar-refractivity contribution is -0.120. The molecule has 1 N–H and O–H groups in total. The highest BCUT2D eigenvalue weighted by atomic mass is 16.1. The fourth-order valence-corrected chi connectivity index (χ4v) is 4.94. The lowest BCUT2D eigenvalue weighted by atomic mass is 10.0. The molecule has 2 aliphatic heterocycles. The van der Waals surface area contributed by atoms with Crippen LogP contribution in [0.5, 0.6) is 0 Å². The number of carbonyl (C=O) groups excluding carboxylic acids is 1. The Kier molecular flexibility index (Phi) is 6.17. The maximum Gasteiger partial charge on any atom is 0.217 e. The van der Waals surface area contributed by atoms with Gasteiger partial charge in [0.05, 0.1) is 0 Å². The summed E-state index contributed by atoms with van der Waals surface area (Å²) in [6.45, 7) is 14.9. The minimum atomic E-state index is 0.135. The van der Waals surface area contributed by atoms with Gasteiger partial charge < -0.3 is 10.2 Å². The Morgan fingerprint density at radius 3 is 2.50 bits per heavy atom. The highest BCUT2D eigenvalue weighted by Crippen LogP contribution is 2.37. The number of piperidine rings is 1. The molecule has 138 valence electrons. The zero-order valence-corrected chi connectivity index (χ0v) is 15.8. The van der Waals surface area contributed by atoms with Gasteiger partial charge in [0.1, 0.15) is 0 Å². The van der Waals surface area contributed by atoms with Crippen LogP contribution in [0.2, 0.25) is 0 Å². The van der Waals surface area contributed by atoms with Crippen molar-refractivity contribution in [2.24, 2.45) is 5.92 Å². The first-order chi connectivity index (χ1) is 11.6. The van der Waals surface area contributed by atoms with Crippen LogP contribution in [0.1, 0.15) is 46.5 Å². The number of hydrogen-bond donors (Lipinski definition) is 1. The summed E-state index contributed by atoms with van der Waals surface area (Å²) in [5.41, 5.74) is 0. The molecule has 4 atom stereocenters. The lowest BCUT2D eigenvalue weighted by Crippen LogP contribution is -2.50. The molecule has 1 saturated carbocycles. The molecule has 3 fully saturated rings. The molecule has 2 heterocycles. The predicted octanol–water partition coefficient (Wildman–Crippen LogP) is 1.39. The molecule has 0 spiro atoms. The second-order valence-corrected chi connectivity index (χ2v) is 8.18. The van der Waals surface area contributed by atoms with Crippen molar-refractivity contribution in [1.82, 2.24) is 20.0 Å². The topological polar surface area (TPSA) is 38.8 Å². The normalized spacial score (nSPS) is 33.0. The van der Waals surface area contributed by atoms with E-state index in [0.29, 0.717) is 18.0 Å². The van der Waals surface area contributed by atoms with Crippen molar-refractivity contribution in [3.8, 4) is 0 Å². The third kappa shape index (κ3) is 4.30. The highest BCUT2D eigenvalue weighted by Gasteiger charge is 2.44. The van der Waals surface area contributed by atoms with Crippen molar-refractivity contribution >= 4 is 5.91 Å². The number of likely N-dealkylation sites (tertiary alicyclic amines) is 1. The number of nitrogens with one attached hydrogen (secondary N) is 1. The molecule has 1 aliphatic carbocycles. The van der Waals surface area contributed by atoms with E-state index in [1.165, 1.54) is 65.1 Å². The second-order valence-electron chi connectivity index (χ2n) is 8.18. The van der Waals surface area contributed by atoms with Gasteiger partial charge in [-0.3, -0.25) is 14.6 Å². The Morgan fingerprint density at radius 2 is 1.92 bits per heavy atom. The third-order valence-corrected chi connectivity index (χ3v) is 6.58. The highest BCUT2D eigenvalue weighted by molar-refractivity contribution is 5.73. The monoisotopic (exact) mass is 336 g/mol. The van der Waals surface area contributed by atoms with E-state index in [2.05, 4.69) is 33.9 Å². The van der Waals surface area contributed by atoms with Crippen LogP contribution >= 0.6 is 0 Å². The summed E-state index contributed by atoms with van der Waals surface area (Å²) in [4.78, 5) is 19.2. The van der Waals surface area contributed by atoms with Gasteiger partial charge in [-0.15, -0.1) is 0 Å². The van der Waals surface area contributed by atoms with E-state index < -0.39 is 0 Å². The Bertz CT molecular complexity index is 422. The van der Waals surface area contributed by atoms with Crippen molar-refractivity contribution < 1.29 is 4.79 Å². The Morgan fingerprint density at radius 1 is 1.17 bits per heavy atom. The van der Waals surface area contributed by atoms with Crippen molar-refractivity contribution in [1.29, 1.82) is 0 Å². The van der Waals surface area contributed by atoms with Crippen LogP contribution in [-0.2, 0) is 4.79 Å². The Hall–Kier alpha value is -0.650. The van der Waals surface area contributed by atoms with E-state index in [1.54, 1.807) is 6.92 Å². The number of nitrogens with zero attached hydrogens (tertiary/aromatic N) is 3. The summed E-state index contributed by atoms with van der Waals surface area (Å²) in [7, 11) is 0. The molecule has 0 radical (unpaired) electrons. The third-order valence-electron chi connectivity index (χ3n) is 6.58. The molecular formula is C19H36N4O. The molecule has 3 rings (SSSR count). The summed E-state index contributed by atoms with van der Waals surface area (Å²) in [6, 6.07) is 1.90. The van der Waals surface area contributed by atoms with Gasteiger partial charge in [-0.25, -0.2) is 0 Å². The Balaban J connectivity index is 1.31. The summed E-state index contributed by atoms with van der Waals surface area (Å²) in [5.74, 6) is 0.827. The predicted molar refractivity (Wildman–Crippen MR) is 98.1 cm³/mol. The van der Waals surface area contributed by atoms with E-state index in [9.17, 15) is 4.79 Å². The van der Waals surface area contributed by atoms with Gasteiger partial charge >= 0.3 is 0 Å². The number of carbonyl (C=O) groups is 1. The van der Waals surface area contributed by atoms with Crippen molar-refractivity contribution in [3.05, 3.63) is 0 Å². The van der Waals surface area contributed by atoms with E-state index in [4.69, 9.17) is 0 Å². The minimum absolute atomic E-state index is 0.135. The van der Waals surface area contributed by atoms with Crippen molar-refractivity contribution in [3.63, 3.8) is 0 Å². The number of fused-ring (bicyclic) bond motifs is 2. The molecule has 3 aliphatic rings. The fourth-order valence-electron chi connectivity index (χ4n) is 4.94. The van der Waals surface area contributed by atoms with Crippen molar-refractivity contribution in [2.75, 3.05) is 45.8 Å². The average Bonchev–Trinajstić information content (AvgIpc) is 3.14. The summed E-state index contributed by atoms with van der Waals surface area (Å²) >= 11 is 0. The Labute approximate surface area is 147 Å². The molecule has 5 heteroatoms. The molecule has 0 aromatic rings. The van der Waals surface area contributed by atoms with Gasteiger partial charge in [0.25, 0.3) is 0 Å². The van der Waals surface area contributed by atoms with E-state index in [0.717, 1.165) is 12.5 Å². The van der Waals surface area contributed by atoms with Gasteiger partial charge in [-0.2, -0.15) is 0 Å². The zero-order chi connectivity index (χ0) is 17.1. The lowest BCUT2D eigenvalue weighted by Gasteiger charge is -2.38. The summed E-state index contributed by atoms with van der Waals surface area (Å²) in [6.07, 6.45) is 5.00. The molecule has 2 bridgehead atoms. The van der Waals surface area contributed by atoms with Crippen LogP contribution < -0.4 is 5.32 Å². The molecule has 2 saturated heterocycles. The van der Waals surface area contributed by atoms with E-state index >= 15 is 0 Å². The molecular weight excluding hydrogens is 300 g/mol. The number of piperazine rings is 1. The molecule has 5 nitrogen and oxygen atoms in total. The van der Waals surface area contributed by atoms with Gasteiger partial charge in [0.15, 0.2) is 0 Å². The standard InChI is InChI=1S/C19H36N4O/c1-4-15(2)22-10-8-21(9-11-22)6-5-7-23-14-17-12-18(23)13-19(17)20-16(3)24/h15,17-19H,4-14H2,1-3H3,(H,20,24). The molecule has 1 amide bonds. The fraction of sp³-hybridized carbons (Fsp3) is 0.947. The molecule has 24 heavy (non-hydrogen) atoms. The van der Waals surface area contributed by atoms with Gasteiger partial charge in [-0.1, -0.05) is 6.92 Å². The van der Waals surface area contributed by atoms with Crippen LogP contribution in [-0.4, -0.2) is 84.5 Å². The minimum Gasteiger partial charge on any atom is -0.353 e. The number of amides is 1. The van der Waals surface area contributed by atoms with Crippen LogP contribution in [0.15, 0.2) is 0 Å². The van der Waals surface area contributed by atoms with Crippen LogP contribution in [0.25, 0.3) is 0 Å². The maximum absolute atomic E-state index is 11.3. The van der Waals surface area contributed by atoms with E-state index in [1.807, 2.05) is 0 Å². The first kappa shape index (κ1) is 18.2. The van der Waals surface area contributed by atoms with Gasteiger partial charge in [0, 0.05) is 57.8 Å². The molecule has 0 aromatic heterocycles. The van der Waals surface area contributed by atoms with Crippen molar-refractivity contribution in [2.45, 2.75) is 64.6 Å². The van der Waals surface area contributed by atoms with Gasteiger partial charge in [0.2, 0.25) is 5.91 Å². The number of hydrogen-bond acceptors (Lipinski definition) is 4. The van der Waals surface area contributed by atoms with Gasteiger partial charge in [-0.05, 0) is 51.6 Å². The van der Waals surface area contributed by atoms with E-state index in [-0.39, 0.29) is 5.91 Å². The number of rotatable bonds is 7. The molecule has 4 unspecified atom stereocenters. The quantitative estimate of drug-likeness (QED) is 0.763. The first-order valence-corrected chi connectivity index (χ1v) is 10.0. The van der Waals surface area contributed by atoms with Crippen LogP contribution in [0.4, 0.5) is 0 Å². The first-order valence-electron chi connectivity index (χ1n) is 10.0.